The molecule has 0 amide bonds. The SMILES string of the molecule is CCc1ccc(OC(N)=S)cc1.COC(N)=S. The van der Waals surface area contributed by atoms with E-state index in [0.717, 1.165) is 6.42 Å². The van der Waals surface area contributed by atoms with E-state index >= 15 is 0 Å². The lowest BCUT2D eigenvalue weighted by Gasteiger charge is -2.02. The number of benzene rings is 1. The van der Waals surface area contributed by atoms with Crippen LogP contribution >= 0.6 is 24.4 Å². The summed E-state index contributed by atoms with van der Waals surface area (Å²) < 4.78 is 9.28. The van der Waals surface area contributed by atoms with Crippen molar-refractivity contribution in [3.05, 3.63) is 29.8 Å². The average Bonchev–Trinajstić information content (AvgIpc) is 2.30. The Morgan fingerprint density at radius 1 is 1.12 bits per heavy atom. The third kappa shape index (κ3) is 8.41. The zero-order chi connectivity index (χ0) is 13.3. The molecule has 4 nitrogen and oxygen atoms in total. The highest BCUT2D eigenvalue weighted by atomic mass is 32.1. The van der Waals surface area contributed by atoms with E-state index in [4.69, 9.17) is 16.2 Å². The minimum absolute atomic E-state index is 0.0549. The number of aryl methyl sites for hydroxylation is 1. The van der Waals surface area contributed by atoms with Gasteiger partial charge in [-0.1, -0.05) is 19.1 Å². The second-order valence-corrected chi connectivity index (χ2v) is 3.75. The third-order valence-corrected chi connectivity index (χ3v) is 2.00. The van der Waals surface area contributed by atoms with Crippen molar-refractivity contribution in [2.75, 3.05) is 7.11 Å². The molecule has 1 aromatic rings. The summed E-state index contributed by atoms with van der Waals surface area (Å²) in [7, 11) is 1.43. The van der Waals surface area contributed by atoms with E-state index in [9.17, 15) is 0 Å². The second-order valence-electron chi connectivity index (χ2n) is 2.94. The first-order valence-corrected chi connectivity index (χ1v) is 5.70. The van der Waals surface area contributed by atoms with E-state index in [-0.39, 0.29) is 10.3 Å². The van der Waals surface area contributed by atoms with Crippen LogP contribution in [0.5, 0.6) is 5.75 Å². The molecule has 0 aromatic heterocycles. The Morgan fingerprint density at radius 2 is 1.59 bits per heavy atom. The van der Waals surface area contributed by atoms with Gasteiger partial charge in [-0.05, 0) is 48.6 Å². The van der Waals surface area contributed by atoms with Gasteiger partial charge in [0.15, 0.2) is 0 Å². The molecule has 0 fully saturated rings. The van der Waals surface area contributed by atoms with Gasteiger partial charge in [-0.15, -0.1) is 0 Å². The maximum Gasteiger partial charge on any atom is 0.259 e. The lowest BCUT2D eigenvalue weighted by molar-refractivity contribution is 0.408. The minimum atomic E-state index is 0.0549. The fourth-order valence-electron chi connectivity index (χ4n) is 0.909. The van der Waals surface area contributed by atoms with Gasteiger partial charge >= 0.3 is 0 Å². The molecule has 0 unspecified atom stereocenters. The van der Waals surface area contributed by atoms with E-state index in [1.54, 1.807) is 0 Å². The van der Waals surface area contributed by atoms with E-state index in [0.29, 0.717) is 5.75 Å². The summed E-state index contributed by atoms with van der Waals surface area (Å²) in [5.41, 5.74) is 11.3. The molecular weight excluding hydrogens is 256 g/mol. The topological polar surface area (TPSA) is 70.5 Å². The van der Waals surface area contributed by atoms with Gasteiger partial charge in [0.25, 0.3) is 10.3 Å². The van der Waals surface area contributed by atoms with Gasteiger partial charge in [-0.25, -0.2) is 0 Å². The molecule has 0 saturated heterocycles. The zero-order valence-corrected chi connectivity index (χ0v) is 11.4. The van der Waals surface area contributed by atoms with Crippen LogP contribution in [0.4, 0.5) is 0 Å². The molecule has 1 aromatic carbocycles. The third-order valence-electron chi connectivity index (χ3n) is 1.75. The molecule has 0 atom stereocenters. The van der Waals surface area contributed by atoms with Crippen molar-refractivity contribution in [2.24, 2.45) is 11.5 Å². The first-order chi connectivity index (χ1) is 7.99. The molecule has 0 radical (unpaired) electrons. The smallest absolute Gasteiger partial charge is 0.259 e. The van der Waals surface area contributed by atoms with E-state index in [1.165, 1.54) is 12.7 Å². The number of hydrogen-bond donors (Lipinski definition) is 2. The fraction of sp³-hybridized carbons (Fsp3) is 0.273. The quantitative estimate of drug-likeness (QED) is 0.799. The molecular formula is C11H16N2O2S2. The highest BCUT2D eigenvalue weighted by molar-refractivity contribution is 7.80. The van der Waals surface area contributed by atoms with Crippen molar-refractivity contribution >= 4 is 34.8 Å². The Bertz CT molecular complexity index is 366. The number of nitrogens with two attached hydrogens (primary N) is 2. The molecule has 0 aliphatic carbocycles. The fourth-order valence-corrected chi connectivity index (χ4v) is 1.01. The van der Waals surface area contributed by atoms with Crippen molar-refractivity contribution < 1.29 is 9.47 Å². The van der Waals surface area contributed by atoms with Gasteiger partial charge in [0, 0.05) is 0 Å². The summed E-state index contributed by atoms with van der Waals surface area (Å²) >= 11 is 8.85. The summed E-state index contributed by atoms with van der Waals surface area (Å²) in [6, 6.07) is 7.71. The molecule has 0 aliphatic heterocycles. The van der Waals surface area contributed by atoms with Crippen LogP contribution in [0.2, 0.25) is 0 Å². The summed E-state index contributed by atoms with van der Waals surface area (Å²) in [5, 5.41) is 0.143. The monoisotopic (exact) mass is 272 g/mol. The number of ether oxygens (including phenoxy) is 2. The van der Waals surface area contributed by atoms with Crippen LogP contribution in [0.3, 0.4) is 0 Å². The van der Waals surface area contributed by atoms with Gasteiger partial charge in [0.2, 0.25) is 0 Å². The Kier molecular flexibility index (Phi) is 8.00. The highest BCUT2D eigenvalue weighted by Gasteiger charge is 1.94. The van der Waals surface area contributed by atoms with Crippen LogP contribution in [0.15, 0.2) is 24.3 Å². The summed E-state index contributed by atoms with van der Waals surface area (Å²) in [5.74, 6) is 0.694. The average molecular weight is 272 g/mol. The van der Waals surface area contributed by atoms with Crippen LogP contribution in [0, 0.1) is 0 Å². The van der Waals surface area contributed by atoms with Gasteiger partial charge in [-0.3, -0.25) is 0 Å². The van der Waals surface area contributed by atoms with Gasteiger partial charge < -0.3 is 20.9 Å². The molecule has 6 heteroatoms. The van der Waals surface area contributed by atoms with Crippen molar-refractivity contribution in [1.82, 2.24) is 0 Å². The van der Waals surface area contributed by atoms with E-state index in [1.807, 2.05) is 24.3 Å². The number of thiocarbonyl (C=S) groups is 2. The van der Waals surface area contributed by atoms with Crippen molar-refractivity contribution in [3.8, 4) is 5.75 Å². The molecule has 0 aliphatic rings. The van der Waals surface area contributed by atoms with E-state index < -0.39 is 0 Å². The first-order valence-electron chi connectivity index (χ1n) is 4.89. The lowest BCUT2D eigenvalue weighted by Crippen LogP contribution is -2.15. The number of rotatable bonds is 2. The molecule has 0 saturated carbocycles. The second kappa shape index (κ2) is 8.72. The summed E-state index contributed by atoms with van der Waals surface area (Å²) in [6.07, 6.45) is 1.02. The highest BCUT2D eigenvalue weighted by Crippen LogP contribution is 2.12. The lowest BCUT2D eigenvalue weighted by atomic mass is 10.2. The molecule has 94 valence electrons. The number of methoxy groups -OCH3 is 1. The van der Waals surface area contributed by atoms with Crippen LogP contribution in [0.25, 0.3) is 0 Å². The minimum Gasteiger partial charge on any atom is -0.475 e. The largest absolute Gasteiger partial charge is 0.475 e. The molecule has 0 heterocycles. The predicted octanol–water partition coefficient (Wildman–Crippen LogP) is 1.75. The van der Waals surface area contributed by atoms with Crippen LogP contribution < -0.4 is 16.2 Å². The van der Waals surface area contributed by atoms with Gasteiger partial charge in [0.1, 0.15) is 5.75 Å². The summed E-state index contributed by atoms with van der Waals surface area (Å²) in [4.78, 5) is 0. The van der Waals surface area contributed by atoms with Gasteiger partial charge in [0.05, 0.1) is 7.11 Å². The Morgan fingerprint density at radius 3 is 1.88 bits per heavy atom. The first kappa shape index (κ1) is 15.6. The van der Waals surface area contributed by atoms with Crippen LogP contribution in [0.1, 0.15) is 12.5 Å². The standard InChI is InChI=1S/C9H11NOS.C2H5NOS/c1-2-7-3-5-8(6-4-7)11-9(10)12;1-4-2(3)5/h3-6H,2H2,1H3,(H2,10,12);1H3,(H2,3,5). The molecule has 1 rings (SSSR count). The molecule has 17 heavy (non-hydrogen) atoms. The Labute approximate surface area is 112 Å². The van der Waals surface area contributed by atoms with E-state index in [2.05, 4.69) is 36.1 Å². The molecule has 4 N–H and O–H groups in total. The van der Waals surface area contributed by atoms with Crippen molar-refractivity contribution in [1.29, 1.82) is 0 Å². The van der Waals surface area contributed by atoms with Crippen LogP contribution in [-0.4, -0.2) is 17.5 Å². The Hall–Kier alpha value is -1.40. The summed E-state index contributed by atoms with van der Waals surface area (Å²) in [6.45, 7) is 2.10. The van der Waals surface area contributed by atoms with Crippen molar-refractivity contribution in [2.45, 2.75) is 13.3 Å². The molecule has 0 spiro atoms. The maximum absolute atomic E-state index is 5.20. The number of hydrogen-bond acceptors (Lipinski definition) is 4. The Balaban J connectivity index is 0.000000437. The van der Waals surface area contributed by atoms with Crippen molar-refractivity contribution in [3.63, 3.8) is 0 Å². The predicted molar refractivity (Wildman–Crippen MR) is 77.0 cm³/mol. The van der Waals surface area contributed by atoms with Crippen LogP contribution in [-0.2, 0) is 11.2 Å². The van der Waals surface area contributed by atoms with Gasteiger partial charge in [-0.2, -0.15) is 0 Å². The maximum atomic E-state index is 5.20. The normalized spacial score (nSPS) is 8.59. The molecule has 0 bridgehead atoms. The zero-order valence-electron chi connectivity index (χ0n) is 9.80.